The minimum absolute atomic E-state index is 0.0277. The van der Waals surface area contributed by atoms with Gasteiger partial charge in [-0.05, 0) is 58.9 Å². The summed E-state index contributed by atoms with van der Waals surface area (Å²) in [6.07, 6.45) is 0. The molecule has 0 heterocycles. The van der Waals surface area contributed by atoms with E-state index in [1.165, 1.54) is 21.9 Å². The fourth-order valence-corrected chi connectivity index (χ4v) is 3.80. The molecular formula is C28H30N4O. The number of hydrogen-bond acceptors (Lipinski definition) is 3. The van der Waals surface area contributed by atoms with Gasteiger partial charge in [-0.25, -0.2) is 4.85 Å². The highest BCUT2D eigenvalue weighted by atomic mass is 16.2. The quantitative estimate of drug-likeness (QED) is 0.431. The Morgan fingerprint density at radius 2 is 1.55 bits per heavy atom. The first-order chi connectivity index (χ1) is 15.8. The molecule has 0 fully saturated rings. The lowest BCUT2D eigenvalue weighted by Gasteiger charge is -2.11. The van der Waals surface area contributed by atoms with Gasteiger partial charge in [-0.15, -0.1) is 0 Å². The summed E-state index contributed by atoms with van der Waals surface area (Å²) in [6.45, 7) is 8.66. The molecule has 4 aromatic carbocycles. The zero-order valence-electron chi connectivity index (χ0n) is 19.7. The van der Waals surface area contributed by atoms with Gasteiger partial charge in [0.2, 0.25) is 0 Å². The van der Waals surface area contributed by atoms with Gasteiger partial charge in [0.1, 0.15) is 0 Å². The van der Waals surface area contributed by atoms with Gasteiger partial charge in [-0.3, -0.25) is 4.79 Å². The van der Waals surface area contributed by atoms with Crippen molar-refractivity contribution >= 4 is 33.1 Å². The number of fused-ring (bicyclic) bond motifs is 2. The molecule has 1 amide bonds. The molecular weight excluding hydrogens is 408 g/mol. The molecule has 0 saturated carbocycles. The van der Waals surface area contributed by atoms with Crippen molar-refractivity contribution in [2.24, 2.45) is 5.73 Å². The lowest BCUT2D eigenvalue weighted by atomic mass is 10.0. The van der Waals surface area contributed by atoms with Crippen molar-refractivity contribution in [3.05, 3.63) is 101 Å². The van der Waals surface area contributed by atoms with Crippen LogP contribution in [0.5, 0.6) is 0 Å². The van der Waals surface area contributed by atoms with E-state index in [0.717, 1.165) is 17.3 Å². The van der Waals surface area contributed by atoms with Crippen molar-refractivity contribution in [3.63, 3.8) is 0 Å². The van der Waals surface area contributed by atoms with Crippen molar-refractivity contribution in [3.8, 4) is 0 Å². The van der Waals surface area contributed by atoms with Crippen LogP contribution in [0.1, 0.15) is 21.5 Å². The molecule has 33 heavy (non-hydrogen) atoms. The molecule has 168 valence electrons. The van der Waals surface area contributed by atoms with Crippen molar-refractivity contribution in [2.75, 3.05) is 28.2 Å². The Kier molecular flexibility index (Phi) is 7.78. The molecule has 2 N–H and O–H groups in total. The molecule has 0 aliphatic heterocycles. The number of nitrogens with zero attached hydrogens (tertiary/aromatic N) is 3. The third-order valence-corrected chi connectivity index (χ3v) is 5.38. The minimum atomic E-state index is -0.0277. The van der Waals surface area contributed by atoms with Crippen LogP contribution in [0, 0.1) is 6.57 Å². The normalized spacial score (nSPS) is 10.6. The summed E-state index contributed by atoms with van der Waals surface area (Å²) in [6, 6.07) is 23.9. The van der Waals surface area contributed by atoms with Gasteiger partial charge in [-0.2, -0.15) is 0 Å². The molecule has 5 heteroatoms. The second kappa shape index (κ2) is 10.7. The number of amides is 1. The Morgan fingerprint density at radius 1 is 0.879 bits per heavy atom. The maximum atomic E-state index is 11.8. The van der Waals surface area contributed by atoms with Crippen molar-refractivity contribution in [1.82, 2.24) is 9.80 Å². The Bertz CT molecular complexity index is 1320. The molecule has 0 radical (unpaired) electrons. The third kappa shape index (κ3) is 5.75. The second-order valence-electron chi connectivity index (χ2n) is 8.44. The van der Waals surface area contributed by atoms with Gasteiger partial charge >= 0.3 is 0 Å². The largest absolute Gasteiger partial charge is 0.345 e. The maximum Gasteiger partial charge on any atom is 0.253 e. The highest BCUT2D eigenvalue weighted by Gasteiger charge is 2.09. The van der Waals surface area contributed by atoms with E-state index in [-0.39, 0.29) is 5.91 Å². The highest BCUT2D eigenvalue weighted by Crippen LogP contribution is 2.27. The van der Waals surface area contributed by atoms with Crippen LogP contribution in [0.15, 0.2) is 72.8 Å². The highest BCUT2D eigenvalue weighted by molar-refractivity contribution is 6.01. The number of nitrogens with two attached hydrogens (primary N) is 1. The summed E-state index contributed by atoms with van der Waals surface area (Å²) in [4.78, 5) is 19.0. The first-order valence-electron chi connectivity index (χ1n) is 10.8. The smallest absolute Gasteiger partial charge is 0.253 e. The van der Waals surface area contributed by atoms with Gasteiger partial charge in [-0.1, -0.05) is 60.7 Å². The first kappa shape index (κ1) is 23.9. The maximum absolute atomic E-state index is 11.8. The van der Waals surface area contributed by atoms with Crippen molar-refractivity contribution in [1.29, 1.82) is 0 Å². The predicted octanol–water partition coefficient (Wildman–Crippen LogP) is 5.45. The second-order valence-corrected chi connectivity index (χ2v) is 8.44. The number of benzene rings is 4. The predicted molar refractivity (Wildman–Crippen MR) is 137 cm³/mol. The summed E-state index contributed by atoms with van der Waals surface area (Å²) in [7, 11) is 7.62. The fourth-order valence-electron chi connectivity index (χ4n) is 3.80. The Balaban J connectivity index is 0.000000186. The SMILES string of the molecule is CN(C)Cc1ccc2c(CN)cccc2c1.[C-]#[N+]c1cccc2cc(C(=O)N(C)C)ccc12. The molecule has 0 unspecified atom stereocenters. The average Bonchev–Trinajstić information content (AvgIpc) is 2.82. The van der Waals surface area contributed by atoms with Crippen LogP contribution in [0.3, 0.4) is 0 Å². The molecule has 0 saturated heterocycles. The number of carbonyl (C=O) groups is 1. The molecule has 0 spiro atoms. The van der Waals surface area contributed by atoms with Crippen LogP contribution in [-0.2, 0) is 13.1 Å². The van der Waals surface area contributed by atoms with Crippen LogP contribution in [0.2, 0.25) is 0 Å². The van der Waals surface area contributed by atoms with Crippen molar-refractivity contribution in [2.45, 2.75) is 13.1 Å². The third-order valence-electron chi connectivity index (χ3n) is 5.38. The van der Waals surface area contributed by atoms with Crippen molar-refractivity contribution < 1.29 is 4.79 Å². The summed E-state index contributed by atoms with van der Waals surface area (Å²) < 4.78 is 0. The van der Waals surface area contributed by atoms with Gasteiger partial charge in [0.25, 0.3) is 5.91 Å². The average molecular weight is 439 g/mol. The summed E-state index contributed by atoms with van der Waals surface area (Å²) in [5.74, 6) is -0.0277. The molecule has 0 aromatic heterocycles. The van der Waals surface area contributed by atoms with E-state index in [1.54, 1.807) is 31.1 Å². The van der Waals surface area contributed by atoms with E-state index in [4.69, 9.17) is 12.3 Å². The molecule has 0 atom stereocenters. The van der Waals surface area contributed by atoms with E-state index >= 15 is 0 Å². The Labute approximate surface area is 195 Å². The summed E-state index contributed by atoms with van der Waals surface area (Å²) in [5, 5.41) is 4.36. The van der Waals surface area contributed by atoms with Crippen LogP contribution in [0.25, 0.3) is 26.4 Å². The van der Waals surface area contributed by atoms with Gasteiger partial charge < -0.3 is 15.5 Å². The van der Waals surface area contributed by atoms with Gasteiger partial charge in [0.15, 0.2) is 5.69 Å². The standard InChI is InChI=1S/C14H12N2O.C14H18N2/c1-15-13-6-4-5-10-9-11(7-8-12(10)13)14(17)16(2)3;1-16(2)10-11-6-7-14-12(8-11)4-3-5-13(14)9-15/h4-9H,2-3H3;3-8H,9-10,15H2,1-2H3. The molecule has 5 nitrogen and oxygen atoms in total. The Morgan fingerprint density at radius 3 is 2.18 bits per heavy atom. The van der Waals surface area contributed by atoms with Gasteiger partial charge in [0, 0.05) is 32.7 Å². The lowest BCUT2D eigenvalue weighted by molar-refractivity contribution is 0.0828. The van der Waals surface area contributed by atoms with Crippen LogP contribution < -0.4 is 5.73 Å². The van der Waals surface area contributed by atoms with E-state index in [0.29, 0.717) is 17.8 Å². The molecule has 4 aromatic rings. The topological polar surface area (TPSA) is 53.9 Å². The monoisotopic (exact) mass is 438 g/mol. The van der Waals surface area contributed by atoms with E-state index < -0.39 is 0 Å². The van der Waals surface area contributed by atoms with E-state index in [2.05, 4.69) is 60.2 Å². The summed E-state index contributed by atoms with van der Waals surface area (Å²) in [5.41, 5.74) is 9.54. The fraction of sp³-hybridized carbons (Fsp3) is 0.214. The number of carbonyl (C=O) groups excluding carboxylic acids is 1. The number of hydrogen-bond donors (Lipinski definition) is 1. The molecule has 0 aliphatic carbocycles. The number of rotatable bonds is 4. The molecule has 0 bridgehead atoms. The van der Waals surface area contributed by atoms with Gasteiger partial charge in [0.05, 0.1) is 6.57 Å². The Hall–Kier alpha value is -3.72. The lowest BCUT2D eigenvalue weighted by Crippen LogP contribution is -2.21. The first-order valence-corrected chi connectivity index (χ1v) is 10.8. The zero-order valence-corrected chi connectivity index (χ0v) is 19.7. The summed E-state index contributed by atoms with van der Waals surface area (Å²) >= 11 is 0. The van der Waals surface area contributed by atoms with Crippen LogP contribution >= 0.6 is 0 Å². The van der Waals surface area contributed by atoms with E-state index in [1.807, 2.05) is 24.3 Å². The molecule has 4 rings (SSSR count). The van der Waals surface area contributed by atoms with E-state index in [9.17, 15) is 4.79 Å². The zero-order chi connectivity index (χ0) is 24.0. The minimum Gasteiger partial charge on any atom is -0.345 e. The van der Waals surface area contributed by atoms with Crippen LogP contribution in [0.4, 0.5) is 5.69 Å². The molecule has 0 aliphatic rings. The van der Waals surface area contributed by atoms with Crippen LogP contribution in [-0.4, -0.2) is 43.9 Å².